The van der Waals surface area contributed by atoms with E-state index in [1.54, 1.807) is 0 Å². The fourth-order valence-corrected chi connectivity index (χ4v) is 2.97. The van der Waals surface area contributed by atoms with Crippen molar-refractivity contribution < 1.29 is 0 Å². The lowest BCUT2D eigenvalue weighted by atomic mass is 9.83. The van der Waals surface area contributed by atoms with Gasteiger partial charge >= 0.3 is 0 Å². The molecule has 3 rings (SSSR count). The molecule has 0 spiro atoms. The highest BCUT2D eigenvalue weighted by Crippen LogP contribution is 2.46. The first-order chi connectivity index (χ1) is 7.81. The highest BCUT2D eigenvalue weighted by Gasteiger charge is 2.35. The summed E-state index contributed by atoms with van der Waals surface area (Å²) in [7, 11) is 2.06. The summed E-state index contributed by atoms with van der Waals surface area (Å²) in [6, 6.07) is 2.34. The average Bonchev–Trinajstić information content (AvgIpc) is 3.06. The van der Waals surface area contributed by atoms with Gasteiger partial charge in [0.25, 0.3) is 0 Å². The number of nitriles is 1. The van der Waals surface area contributed by atoms with E-state index in [-0.39, 0.29) is 0 Å². The van der Waals surface area contributed by atoms with Gasteiger partial charge in [-0.2, -0.15) is 10.4 Å². The van der Waals surface area contributed by atoms with Gasteiger partial charge in [-0.3, -0.25) is 4.68 Å². The lowest BCUT2D eigenvalue weighted by Crippen LogP contribution is -2.11. The summed E-state index contributed by atoms with van der Waals surface area (Å²) in [5.41, 5.74) is 4.16. The molecule has 0 radical (unpaired) electrons. The van der Waals surface area contributed by atoms with Crippen LogP contribution in [0.5, 0.6) is 0 Å². The van der Waals surface area contributed by atoms with Crippen molar-refractivity contribution in [2.75, 3.05) is 0 Å². The number of rotatable bonds is 2. The normalized spacial score (nSPS) is 23.9. The average molecular weight is 215 g/mol. The first kappa shape index (κ1) is 9.89. The zero-order chi connectivity index (χ0) is 11.1. The fourth-order valence-electron chi connectivity index (χ4n) is 2.97. The molecule has 1 saturated carbocycles. The Morgan fingerprint density at radius 2 is 2.25 bits per heavy atom. The molecule has 2 aliphatic carbocycles. The summed E-state index contributed by atoms with van der Waals surface area (Å²) in [6.45, 7) is 0. The number of hydrogen-bond donors (Lipinski definition) is 0. The Kier molecular flexibility index (Phi) is 2.24. The van der Waals surface area contributed by atoms with Crippen LogP contribution in [0.25, 0.3) is 0 Å². The van der Waals surface area contributed by atoms with Crippen LogP contribution in [0.2, 0.25) is 0 Å². The third-order valence-electron chi connectivity index (χ3n) is 3.91. The van der Waals surface area contributed by atoms with Gasteiger partial charge in [0.1, 0.15) is 0 Å². The number of aryl methyl sites for hydroxylation is 1. The molecule has 3 heteroatoms. The van der Waals surface area contributed by atoms with E-state index in [9.17, 15) is 0 Å². The van der Waals surface area contributed by atoms with Crippen LogP contribution in [0, 0.1) is 11.3 Å². The lowest BCUT2D eigenvalue weighted by Gasteiger charge is -2.21. The second-order valence-corrected chi connectivity index (χ2v) is 5.09. The summed E-state index contributed by atoms with van der Waals surface area (Å²) in [6.07, 6.45) is 6.78. The second-order valence-electron chi connectivity index (χ2n) is 5.09. The zero-order valence-electron chi connectivity index (χ0n) is 9.74. The molecular weight excluding hydrogens is 198 g/mol. The van der Waals surface area contributed by atoms with Gasteiger partial charge in [0.2, 0.25) is 0 Å². The summed E-state index contributed by atoms with van der Waals surface area (Å²) in [5, 5.41) is 13.6. The van der Waals surface area contributed by atoms with E-state index in [1.165, 1.54) is 42.6 Å². The molecule has 3 nitrogen and oxygen atoms in total. The van der Waals surface area contributed by atoms with E-state index < -0.39 is 0 Å². The largest absolute Gasteiger partial charge is 0.272 e. The summed E-state index contributed by atoms with van der Waals surface area (Å²) >= 11 is 0. The van der Waals surface area contributed by atoms with Gasteiger partial charge in [0.15, 0.2) is 0 Å². The first-order valence-electron chi connectivity index (χ1n) is 6.24. The maximum Gasteiger partial charge on any atom is 0.0693 e. The highest BCUT2D eigenvalue weighted by atomic mass is 15.3. The third-order valence-corrected chi connectivity index (χ3v) is 3.91. The van der Waals surface area contributed by atoms with Crippen LogP contribution in [-0.4, -0.2) is 9.78 Å². The number of nitrogens with zero attached hydrogens (tertiary/aromatic N) is 3. The van der Waals surface area contributed by atoms with E-state index in [2.05, 4.69) is 17.8 Å². The molecule has 84 valence electrons. The molecule has 16 heavy (non-hydrogen) atoms. The molecule has 1 aromatic rings. The van der Waals surface area contributed by atoms with Crippen LogP contribution >= 0.6 is 0 Å². The molecule has 0 saturated heterocycles. The van der Waals surface area contributed by atoms with E-state index in [1.807, 2.05) is 0 Å². The van der Waals surface area contributed by atoms with Crippen molar-refractivity contribution in [3.05, 3.63) is 17.0 Å². The molecule has 0 N–H and O–H groups in total. The molecule has 1 atom stereocenters. The van der Waals surface area contributed by atoms with Crippen LogP contribution in [0.15, 0.2) is 0 Å². The van der Waals surface area contributed by atoms with Gasteiger partial charge in [0.05, 0.1) is 11.8 Å². The predicted octanol–water partition coefficient (Wildman–Crippen LogP) is 2.63. The van der Waals surface area contributed by atoms with Gasteiger partial charge in [0, 0.05) is 36.6 Å². The van der Waals surface area contributed by atoms with Crippen molar-refractivity contribution in [2.45, 2.75) is 50.4 Å². The van der Waals surface area contributed by atoms with Crippen molar-refractivity contribution in [1.82, 2.24) is 9.78 Å². The quantitative estimate of drug-likeness (QED) is 0.761. The van der Waals surface area contributed by atoms with Crippen LogP contribution in [-0.2, 0) is 13.5 Å². The Morgan fingerprint density at radius 1 is 1.44 bits per heavy atom. The Morgan fingerprint density at radius 3 is 2.94 bits per heavy atom. The van der Waals surface area contributed by atoms with Crippen molar-refractivity contribution in [2.24, 2.45) is 7.05 Å². The van der Waals surface area contributed by atoms with Crippen molar-refractivity contribution in [3.63, 3.8) is 0 Å². The Balaban J connectivity index is 2.05. The Hall–Kier alpha value is -1.30. The predicted molar refractivity (Wildman–Crippen MR) is 61.1 cm³/mol. The van der Waals surface area contributed by atoms with E-state index in [0.29, 0.717) is 18.3 Å². The minimum absolute atomic E-state index is 0.457. The summed E-state index contributed by atoms with van der Waals surface area (Å²) < 4.78 is 2.06. The molecule has 1 aromatic heterocycles. The highest BCUT2D eigenvalue weighted by molar-refractivity contribution is 5.37. The Bertz CT molecular complexity index is 448. The molecule has 2 aliphatic rings. The molecule has 0 aromatic carbocycles. The van der Waals surface area contributed by atoms with Gasteiger partial charge in [-0.25, -0.2) is 0 Å². The molecule has 1 heterocycles. The number of fused-ring (bicyclic) bond motifs is 1. The zero-order valence-corrected chi connectivity index (χ0v) is 9.74. The monoisotopic (exact) mass is 215 g/mol. The minimum atomic E-state index is 0.457. The molecule has 1 unspecified atom stereocenters. The van der Waals surface area contributed by atoms with Crippen molar-refractivity contribution in [1.29, 1.82) is 5.26 Å². The van der Waals surface area contributed by atoms with E-state index in [0.717, 1.165) is 6.42 Å². The van der Waals surface area contributed by atoms with Crippen molar-refractivity contribution in [3.8, 4) is 6.07 Å². The van der Waals surface area contributed by atoms with E-state index in [4.69, 9.17) is 10.4 Å². The van der Waals surface area contributed by atoms with Gasteiger partial charge < -0.3 is 0 Å². The van der Waals surface area contributed by atoms with Gasteiger partial charge in [-0.15, -0.1) is 0 Å². The maximum absolute atomic E-state index is 8.92. The smallest absolute Gasteiger partial charge is 0.0693 e. The SMILES string of the molecule is Cn1nc(C2CC2)c2c1CCCC2CC#N. The van der Waals surface area contributed by atoms with Crippen LogP contribution < -0.4 is 0 Å². The Labute approximate surface area is 96.1 Å². The minimum Gasteiger partial charge on any atom is -0.272 e. The maximum atomic E-state index is 8.92. The molecule has 0 bridgehead atoms. The van der Waals surface area contributed by atoms with Gasteiger partial charge in [-0.05, 0) is 32.1 Å². The van der Waals surface area contributed by atoms with Gasteiger partial charge in [-0.1, -0.05) is 0 Å². The molecular formula is C13H17N3. The second kappa shape index (κ2) is 3.62. The van der Waals surface area contributed by atoms with E-state index >= 15 is 0 Å². The lowest BCUT2D eigenvalue weighted by molar-refractivity contribution is 0.540. The van der Waals surface area contributed by atoms with Crippen molar-refractivity contribution >= 4 is 0 Å². The molecule has 0 amide bonds. The number of hydrogen-bond acceptors (Lipinski definition) is 2. The molecule has 0 aliphatic heterocycles. The van der Waals surface area contributed by atoms with Crippen LogP contribution in [0.4, 0.5) is 0 Å². The molecule has 1 fully saturated rings. The fraction of sp³-hybridized carbons (Fsp3) is 0.692. The summed E-state index contributed by atoms with van der Waals surface area (Å²) in [5.74, 6) is 1.16. The standard InChI is InChI=1S/C13H17N3/c1-16-11-4-2-3-9(7-8-14)12(11)13(15-16)10-5-6-10/h9-10H,2-7H2,1H3. The third kappa shape index (κ3) is 1.44. The number of aromatic nitrogens is 2. The van der Waals surface area contributed by atoms with Crippen LogP contribution in [0.3, 0.4) is 0 Å². The first-order valence-corrected chi connectivity index (χ1v) is 6.24. The van der Waals surface area contributed by atoms with Crippen LogP contribution in [0.1, 0.15) is 60.9 Å². The summed E-state index contributed by atoms with van der Waals surface area (Å²) in [4.78, 5) is 0. The topological polar surface area (TPSA) is 41.6 Å².